The zero-order chi connectivity index (χ0) is 26.9. The van der Waals surface area contributed by atoms with Gasteiger partial charge in [-0.1, -0.05) is 45.3 Å². The Morgan fingerprint density at radius 1 is 1.21 bits per heavy atom. The smallest absolute Gasteiger partial charge is 0.0591 e. The second kappa shape index (κ2) is 7.66. The molecule has 9 atom stereocenters. The van der Waals surface area contributed by atoms with Crippen LogP contribution in [0.1, 0.15) is 115 Å². The standard InChI is InChI=1S/C27H46O2/c1-18(7-6-14-25(2,3)29)22-10-11-23-21-9-8-19-17-20(28)12-15-26(19,4)24(21)13-16-27(22,23)5/h8,18,20-24,28-29H,6-7,9-17H2,1-5H3/t18-,20+,21+,22-,23+,24+,26+,27-/m1/s1/i2D3,3D3,14D/t14?,18-,20+,21+,22-,23+,24+,26+,27-. The molecular weight excluding hydrogens is 356 g/mol. The summed E-state index contributed by atoms with van der Waals surface area (Å²) in [6.07, 6.45) is 9.82. The fourth-order valence-corrected chi connectivity index (χ4v) is 8.37. The van der Waals surface area contributed by atoms with E-state index in [2.05, 4.69) is 26.8 Å². The lowest BCUT2D eigenvalue weighted by Crippen LogP contribution is -2.50. The number of fused-ring (bicyclic) bond motifs is 5. The molecule has 0 aliphatic heterocycles. The van der Waals surface area contributed by atoms with Crippen molar-refractivity contribution in [3.05, 3.63) is 11.6 Å². The summed E-state index contributed by atoms with van der Waals surface area (Å²) in [5.41, 5.74) is -1.14. The highest BCUT2D eigenvalue weighted by molar-refractivity contribution is 5.25. The summed E-state index contributed by atoms with van der Waals surface area (Å²) in [4.78, 5) is 0. The molecule has 0 heterocycles. The maximum Gasteiger partial charge on any atom is 0.0591 e. The summed E-state index contributed by atoms with van der Waals surface area (Å²) < 4.78 is 54.2. The number of aliphatic hydroxyl groups excluding tert-OH is 1. The lowest BCUT2D eigenvalue weighted by molar-refractivity contribution is -0.0575. The van der Waals surface area contributed by atoms with Gasteiger partial charge in [0.15, 0.2) is 0 Å². The van der Waals surface area contributed by atoms with Gasteiger partial charge < -0.3 is 10.2 Å². The Morgan fingerprint density at radius 3 is 2.76 bits per heavy atom. The van der Waals surface area contributed by atoms with E-state index in [4.69, 9.17) is 9.60 Å². The normalized spacial score (nSPS) is 51.3. The highest BCUT2D eigenvalue weighted by atomic mass is 16.3. The van der Waals surface area contributed by atoms with Crippen LogP contribution in [-0.2, 0) is 0 Å². The van der Waals surface area contributed by atoms with E-state index in [1.165, 1.54) is 18.4 Å². The first-order chi connectivity index (χ1) is 16.5. The molecule has 0 spiro atoms. The molecule has 166 valence electrons. The number of hydrogen-bond acceptors (Lipinski definition) is 2. The SMILES string of the molecule is [2H]C(CC[C@@H](C)[C@H]1CC[C@H]2[C@@H]3CC=C4C[C@@H](O)CC[C@]4(C)[C@H]3CC[C@]12C)C(O)(C([2H])([2H])[2H])C([2H])([2H])[2H]. The summed E-state index contributed by atoms with van der Waals surface area (Å²) in [5.74, 6) is 2.65. The fourth-order valence-electron chi connectivity index (χ4n) is 8.37. The average Bonchev–Trinajstić information content (AvgIpc) is 3.12. The monoisotopic (exact) mass is 409 g/mol. The second-order valence-corrected chi connectivity index (χ2v) is 11.4. The van der Waals surface area contributed by atoms with Crippen LogP contribution in [0.5, 0.6) is 0 Å². The zero-order valence-corrected chi connectivity index (χ0v) is 18.6. The van der Waals surface area contributed by atoms with Crippen molar-refractivity contribution in [3.63, 3.8) is 0 Å². The van der Waals surface area contributed by atoms with Gasteiger partial charge in [0.1, 0.15) is 0 Å². The molecule has 0 amide bonds. The minimum absolute atomic E-state index is 0.0598. The molecule has 2 heteroatoms. The first-order valence-electron chi connectivity index (χ1n) is 15.6. The van der Waals surface area contributed by atoms with E-state index in [0.717, 1.165) is 38.5 Å². The summed E-state index contributed by atoms with van der Waals surface area (Å²) in [6.45, 7) is 0.756. The topological polar surface area (TPSA) is 40.5 Å². The summed E-state index contributed by atoms with van der Waals surface area (Å²) in [6, 6.07) is 0. The second-order valence-electron chi connectivity index (χ2n) is 11.4. The molecule has 1 unspecified atom stereocenters. The quantitative estimate of drug-likeness (QED) is 0.509. The molecule has 0 saturated heterocycles. The molecule has 0 aromatic heterocycles. The molecule has 0 bridgehead atoms. The Hall–Kier alpha value is -0.340. The van der Waals surface area contributed by atoms with Crippen LogP contribution in [0, 0.1) is 40.4 Å². The van der Waals surface area contributed by atoms with Crippen LogP contribution in [0.15, 0.2) is 11.6 Å². The van der Waals surface area contributed by atoms with Crippen molar-refractivity contribution in [3.8, 4) is 0 Å². The van der Waals surface area contributed by atoms with Crippen LogP contribution in [0.2, 0.25) is 0 Å². The highest BCUT2D eigenvalue weighted by Crippen LogP contribution is 2.67. The number of allylic oxidation sites excluding steroid dienone is 1. The fraction of sp³-hybridized carbons (Fsp3) is 0.926. The molecule has 3 saturated carbocycles. The third kappa shape index (κ3) is 3.86. The van der Waals surface area contributed by atoms with Gasteiger partial charge in [-0.05, 0) is 112 Å². The minimum Gasteiger partial charge on any atom is -0.393 e. The molecule has 4 aliphatic carbocycles. The Bertz CT molecular complexity index is 838. The first kappa shape index (κ1) is 14.7. The molecule has 4 rings (SSSR count). The molecule has 0 aromatic rings. The predicted molar refractivity (Wildman–Crippen MR) is 121 cm³/mol. The van der Waals surface area contributed by atoms with Crippen LogP contribution < -0.4 is 0 Å². The van der Waals surface area contributed by atoms with Gasteiger partial charge in [-0.15, -0.1) is 0 Å². The van der Waals surface area contributed by atoms with E-state index in [1.54, 1.807) is 0 Å². The molecule has 29 heavy (non-hydrogen) atoms. The number of hydrogen-bond donors (Lipinski definition) is 2. The molecule has 0 aromatic carbocycles. The van der Waals surface area contributed by atoms with Crippen LogP contribution >= 0.6 is 0 Å². The van der Waals surface area contributed by atoms with Crippen molar-refractivity contribution >= 4 is 0 Å². The van der Waals surface area contributed by atoms with E-state index in [0.29, 0.717) is 30.1 Å². The van der Waals surface area contributed by atoms with Gasteiger partial charge >= 0.3 is 0 Å². The van der Waals surface area contributed by atoms with Crippen molar-refractivity contribution in [2.24, 2.45) is 40.4 Å². The van der Waals surface area contributed by atoms with E-state index in [1.807, 2.05) is 0 Å². The van der Waals surface area contributed by atoms with Gasteiger partial charge in [0, 0.05) is 9.60 Å². The number of rotatable bonds is 5. The third-order valence-electron chi connectivity index (χ3n) is 9.90. The maximum absolute atomic E-state index is 10.7. The third-order valence-corrected chi connectivity index (χ3v) is 9.90. The Kier molecular flexibility index (Phi) is 3.88. The van der Waals surface area contributed by atoms with Gasteiger partial charge in [0.25, 0.3) is 0 Å². The summed E-state index contributed by atoms with van der Waals surface area (Å²) in [5, 5.41) is 20.9. The molecule has 4 aliphatic rings. The van der Waals surface area contributed by atoms with Crippen molar-refractivity contribution in [2.75, 3.05) is 0 Å². The largest absolute Gasteiger partial charge is 0.393 e. The lowest BCUT2D eigenvalue weighted by atomic mass is 9.47. The van der Waals surface area contributed by atoms with Crippen molar-refractivity contribution in [2.45, 2.75) is 117 Å². The van der Waals surface area contributed by atoms with Crippen LogP contribution in [0.3, 0.4) is 0 Å². The molecule has 3 fully saturated rings. The summed E-state index contributed by atoms with van der Waals surface area (Å²) in [7, 11) is 0. The van der Waals surface area contributed by atoms with Gasteiger partial charge in [-0.25, -0.2) is 0 Å². The predicted octanol–water partition coefficient (Wildman–Crippen LogP) is 6.50. The van der Waals surface area contributed by atoms with Crippen LogP contribution in [0.25, 0.3) is 0 Å². The molecule has 0 radical (unpaired) electrons. The van der Waals surface area contributed by atoms with E-state index in [-0.39, 0.29) is 29.3 Å². The lowest BCUT2D eigenvalue weighted by Gasteiger charge is -2.58. The van der Waals surface area contributed by atoms with E-state index < -0.39 is 25.7 Å². The zero-order valence-electron chi connectivity index (χ0n) is 25.6. The Labute approximate surface area is 189 Å². The van der Waals surface area contributed by atoms with E-state index >= 15 is 0 Å². The average molecular weight is 410 g/mol. The number of aliphatic hydroxyl groups is 2. The van der Waals surface area contributed by atoms with Crippen LogP contribution in [0.4, 0.5) is 0 Å². The highest BCUT2D eigenvalue weighted by Gasteiger charge is 2.59. The van der Waals surface area contributed by atoms with Gasteiger partial charge in [-0.3, -0.25) is 0 Å². The first-order valence-corrected chi connectivity index (χ1v) is 12.0. The van der Waals surface area contributed by atoms with E-state index in [9.17, 15) is 10.2 Å². The van der Waals surface area contributed by atoms with Crippen molar-refractivity contribution < 1.29 is 19.8 Å². The molecular formula is C27H46O2. The van der Waals surface area contributed by atoms with Gasteiger partial charge in [-0.2, -0.15) is 0 Å². The van der Waals surface area contributed by atoms with Gasteiger partial charge in [0.2, 0.25) is 0 Å². The van der Waals surface area contributed by atoms with Gasteiger partial charge in [0.05, 0.1) is 11.7 Å². The Morgan fingerprint density at radius 2 is 2.00 bits per heavy atom. The van der Waals surface area contributed by atoms with Crippen molar-refractivity contribution in [1.29, 1.82) is 0 Å². The summed E-state index contributed by atoms with van der Waals surface area (Å²) >= 11 is 0. The van der Waals surface area contributed by atoms with Crippen LogP contribution in [-0.4, -0.2) is 21.9 Å². The maximum atomic E-state index is 10.7. The molecule has 2 N–H and O–H groups in total. The minimum atomic E-state index is -3.14. The Balaban J connectivity index is 1.46. The van der Waals surface area contributed by atoms with Crippen molar-refractivity contribution in [1.82, 2.24) is 0 Å². The molecule has 2 nitrogen and oxygen atoms in total.